The standard InChI is InChI=1S/C16H12ClF7NO.C6H4F.Os/c17-13(26)25-6-5-11-10-3-2-9(7-8(10)1-4-12(11)25)14(18,15(19,20)21)16(22,23)24;7-6-4-2-1-3-5-6;/h2-3,7,12H,1,4-6H2;2-5H;/q2*-1;+2/t12-;;/m1../s1. The van der Waals surface area contributed by atoms with E-state index in [1.165, 1.54) is 29.2 Å². The minimum absolute atomic E-state index is 0. The first-order valence-electron chi connectivity index (χ1n) is 9.67. The zero-order valence-electron chi connectivity index (χ0n) is 17.1. The summed E-state index contributed by atoms with van der Waals surface area (Å²) in [5.74, 6) is 0.508. The van der Waals surface area contributed by atoms with Gasteiger partial charge >= 0.3 is 43.2 Å². The van der Waals surface area contributed by atoms with Crippen molar-refractivity contribution < 1.29 is 59.7 Å². The summed E-state index contributed by atoms with van der Waals surface area (Å²) in [4.78, 5) is 12.8. The molecule has 2 aliphatic rings. The summed E-state index contributed by atoms with van der Waals surface area (Å²) in [5.41, 5.74) is -6.27. The molecule has 0 saturated carbocycles. The summed E-state index contributed by atoms with van der Waals surface area (Å²) in [5, 5.41) is -0.665. The van der Waals surface area contributed by atoms with Gasteiger partial charge in [0.25, 0.3) is 0 Å². The summed E-state index contributed by atoms with van der Waals surface area (Å²) in [6.07, 6.45) is -11.4. The number of likely N-dealkylation sites (tertiary alicyclic amines) is 1. The fraction of sp³-hybridized carbons (Fsp3) is 0.364. The molecule has 34 heavy (non-hydrogen) atoms. The molecule has 1 aliphatic carbocycles. The summed E-state index contributed by atoms with van der Waals surface area (Å²) < 4.78 is 104. The second kappa shape index (κ2) is 10.4. The predicted octanol–water partition coefficient (Wildman–Crippen LogP) is 6.90. The first-order valence-corrected chi connectivity index (χ1v) is 10.0. The third-order valence-electron chi connectivity index (χ3n) is 5.62. The number of hydrogen-bond acceptors (Lipinski definition) is 1. The third kappa shape index (κ3) is 5.36. The molecule has 0 N–H and O–H groups in total. The minimum Gasteiger partial charge on any atom is -0.334 e. The fourth-order valence-electron chi connectivity index (χ4n) is 4.08. The van der Waals surface area contributed by atoms with Crippen LogP contribution in [0.25, 0.3) is 0 Å². The summed E-state index contributed by atoms with van der Waals surface area (Å²) in [6.45, 7) is 0.321. The van der Waals surface area contributed by atoms with Gasteiger partial charge < -0.3 is 4.90 Å². The van der Waals surface area contributed by atoms with E-state index in [4.69, 9.17) is 11.6 Å². The molecule has 1 aliphatic heterocycles. The van der Waals surface area contributed by atoms with Crippen LogP contribution >= 0.6 is 11.6 Å². The molecule has 186 valence electrons. The molecule has 1 saturated heterocycles. The van der Waals surface area contributed by atoms with E-state index in [1.807, 2.05) is 0 Å². The number of carbonyl (C=O) groups excluding carboxylic acids is 1. The van der Waals surface area contributed by atoms with E-state index in [-0.39, 0.29) is 43.6 Å². The molecular formula is C22H16ClF8NOOs. The summed E-state index contributed by atoms with van der Waals surface area (Å²) >= 11 is 5.49. The SMILES string of the molecule is Fc1cc[c-]cc1.O=C(Cl)N1CC[C-]2c3ccc(C(F)(C(F)(F)F)C(F)(F)F)cc3CC[C@H]21.[Os+2]. The Bertz CT molecular complexity index is 985. The van der Waals surface area contributed by atoms with E-state index in [0.29, 0.717) is 37.1 Å². The summed E-state index contributed by atoms with van der Waals surface area (Å²) in [6, 6.07) is 10.4. The van der Waals surface area contributed by atoms with Crippen LogP contribution in [0.5, 0.6) is 0 Å². The number of rotatable bonds is 1. The van der Waals surface area contributed by atoms with Gasteiger partial charge in [0.1, 0.15) is 0 Å². The zero-order valence-corrected chi connectivity index (χ0v) is 20.4. The molecule has 0 unspecified atom stereocenters. The van der Waals surface area contributed by atoms with Crippen LogP contribution in [0.1, 0.15) is 29.5 Å². The van der Waals surface area contributed by atoms with Crippen molar-refractivity contribution in [3.05, 3.63) is 77.0 Å². The smallest absolute Gasteiger partial charge is 0.334 e. The molecule has 2 nitrogen and oxygen atoms in total. The Kier molecular flexibility index (Phi) is 8.69. The average Bonchev–Trinajstić information content (AvgIpc) is 3.17. The van der Waals surface area contributed by atoms with Crippen LogP contribution in [0.2, 0.25) is 0 Å². The number of carbonyl (C=O) groups is 1. The first-order chi connectivity index (χ1) is 15.3. The molecule has 0 aromatic heterocycles. The third-order valence-corrected chi connectivity index (χ3v) is 5.84. The molecule has 4 rings (SSSR count). The number of aryl methyl sites for hydroxylation is 1. The Hall–Kier alpha value is -1.85. The van der Waals surface area contributed by atoms with E-state index in [9.17, 15) is 39.9 Å². The van der Waals surface area contributed by atoms with Crippen molar-refractivity contribution >= 4 is 17.0 Å². The number of alkyl halides is 7. The van der Waals surface area contributed by atoms with Crippen LogP contribution in [-0.2, 0) is 31.9 Å². The Morgan fingerprint density at radius 3 is 2.09 bits per heavy atom. The number of benzene rings is 2. The number of halogens is 9. The molecule has 0 bridgehead atoms. The van der Waals surface area contributed by atoms with Gasteiger partial charge in [-0.15, -0.1) is 35.7 Å². The molecule has 0 spiro atoms. The Labute approximate surface area is 208 Å². The Morgan fingerprint density at radius 2 is 1.62 bits per heavy atom. The maximum atomic E-state index is 14.2. The monoisotopic (exact) mass is 689 g/mol. The normalized spacial score (nSPS) is 17.7. The molecule has 0 radical (unpaired) electrons. The van der Waals surface area contributed by atoms with Gasteiger partial charge in [-0.1, -0.05) is 12.8 Å². The van der Waals surface area contributed by atoms with Crippen LogP contribution in [0, 0.1) is 17.8 Å². The number of amides is 1. The van der Waals surface area contributed by atoms with Crippen molar-refractivity contribution in [2.45, 2.75) is 43.3 Å². The van der Waals surface area contributed by atoms with Gasteiger partial charge in [-0.25, -0.2) is 8.78 Å². The molecule has 1 amide bonds. The largest absolute Gasteiger partial charge is 2.00 e. The molecule has 1 fully saturated rings. The van der Waals surface area contributed by atoms with E-state index in [0.717, 1.165) is 12.0 Å². The second-order valence-electron chi connectivity index (χ2n) is 7.52. The zero-order chi connectivity index (χ0) is 24.6. The molecule has 12 heteroatoms. The van der Waals surface area contributed by atoms with Crippen molar-refractivity contribution in [2.24, 2.45) is 0 Å². The summed E-state index contributed by atoms with van der Waals surface area (Å²) in [7, 11) is 0. The van der Waals surface area contributed by atoms with Crippen molar-refractivity contribution in [2.75, 3.05) is 6.54 Å². The Morgan fingerprint density at radius 1 is 1.03 bits per heavy atom. The van der Waals surface area contributed by atoms with Gasteiger partial charge in [0.05, 0.1) is 0 Å². The van der Waals surface area contributed by atoms with E-state index in [1.54, 1.807) is 0 Å². The van der Waals surface area contributed by atoms with Gasteiger partial charge in [0.15, 0.2) is 0 Å². The van der Waals surface area contributed by atoms with Crippen LogP contribution in [-0.4, -0.2) is 35.2 Å². The topological polar surface area (TPSA) is 20.3 Å². The number of nitrogens with zero attached hydrogens (tertiary/aromatic N) is 1. The molecule has 2 aromatic carbocycles. The van der Waals surface area contributed by atoms with E-state index >= 15 is 0 Å². The van der Waals surface area contributed by atoms with E-state index < -0.39 is 29.0 Å². The van der Waals surface area contributed by atoms with E-state index in [2.05, 4.69) is 6.07 Å². The van der Waals surface area contributed by atoms with Gasteiger partial charge in [0, 0.05) is 18.4 Å². The first kappa shape index (κ1) is 28.4. The number of fused-ring (bicyclic) bond motifs is 3. The minimum atomic E-state index is -6.14. The second-order valence-corrected chi connectivity index (χ2v) is 7.84. The van der Waals surface area contributed by atoms with Gasteiger partial charge in [-0.2, -0.15) is 56.2 Å². The van der Waals surface area contributed by atoms with Crippen molar-refractivity contribution in [1.82, 2.24) is 4.90 Å². The van der Waals surface area contributed by atoms with Crippen LogP contribution < -0.4 is 0 Å². The average molecular weight is 688 g/mol. The molecular weight excluding hydrogens is 672 g/mol. The van der Waals surface area contributed by atoms with Gasteiger partial charge in [-0.3, -0.25) is 4.79 Å². The van der Waals surface area contributed by atoms with Crippen molar-refractivity contribution in [3.8, 4) is 0 Å². The maximum Gasteiger partial charge on any atom is 2.00 e. The van der Waals surface area contributed by atoms with Crippen molar-refractivity contribution in [1.29, 1.82) is 0 Å². The molecule has 1 atom stereocenters. The van der Waals surface area contributed by atoms with Crippen molar-refractivity contribution in [3.63, 3.8) is 0 Å². The van der Waals surface area contributed by atoms with Crippen LogP contribution in [0.15, 0.2) is 42.5 Å². The fourth-order valence-corrected chi connectivity index (χ4v) is 4.28. The van der Waals surface area contributed by atoms with Gasteiger partial charge in [-0.05, 0) is 23.6 Å². The molecule has 2 aromatic rings. The van der Waals surface area contributed by atoms with Gasteiger partial charge in [0.2, 0.25) is 0 Å². The Balaban J connectivity index is 0.000000439. The number of hydrogen-bond donors (Lipinski definition) is 0. The van der Waals surface area contributed by atoms with Crippen LogP contribution in [0.3, 0.4) is 0 Å². The maximum absolute atomic E-state index is 14.2. The quantitative estimate of drug-likeness (QED) is 0.138. The van der Waals surface area contributed by atoms with Crippen LogP contribution in [0.4, 0.5) is 39.9 Å². The predicted molar refractivity (Wildman–Crippen MR) is 104 cm³/mol. The molecule has 1 heterocycles.